The molecular formula is C12H12F3IO3. The molecule has 0 bridgehead atoms. The first kappa shape index (κ1) is 16.1. The SMILES string of the molecule is CCOC(=O)CCc1c(I)cccc1OC(F)(F)F. The van der Waals surface area contributed by atoms with Crippen LogP contribution in [0.1, 0.15) is 18.9 Å². The zero-order valence-electron chi connectivity index (χ0n) is 10.1. The van der Waals surface area contributed by atoms with E-state index in [1.165, 1.54) is 12.1 Å². The molecule has 0 aromatic heterocycles. The van der Waals surface area contributed by atoms with Crippen molar-refractivity contribution in [3.63, 3.8) is 0 Å². The predicted molar refractivity (Wildman–Crippen MR) is 70.8 cm³/mol. The standard InChI is InChI=1S/C12H12F3IO3/c1-2-18-11(17)7-6-8-9(16)4-3-5-10(8)19-12(13,14)15/h3-5H,2,6-7H2,1H3. The summed E-state index contributed by atoms with van der Waals surface area (Å²) in [6.45, 7) is 1.92. The summed E-state index contributed by atoms with van der Waals surface area (Å²) in [7, 11) is 0. The van der Waals surface area contributed by atoms with E-state index in [-0.39, 0.29) is 25.2 Å². The molecule has 0 unspecified atom stereocenters. The fourth-order valence-corrected chi connectivity index (χ4v) is 2.21. The van der Waals surface area contributed by atoms with Gasteiger partial charge in [-0.15, -0.1) is 13.2 Å². The second kappa shape index (κ2) is 6.97. The Hall–Kier alpha value is -0.990. The fourth-order valence-electron chi connectivity index (χ4n) is 1.46. The number of benzene rings is 1. The van der Waals surface area contributed by atoms with Gasteiger partial charge in [-0.2, -0.15) is 0 Å². The highest BCUT2D eigenvalue weighted by Crippen LogP contribution is 2.30. The number of carbonyl (C=O) groups is 1. The van der Waals surface area contributed by atoms with E-state index in [1.807, 2.05) is 22.6 Å². The molecule has 0 N–H and O–H groups in total. The topological polar surface area (TPSA) is 35.5 Å². The molecule has 7 heteroatoms. The van der Waals surface area contributed by atoms with E-state index in [0.717, 1.165) is 0 Å². The van der Waals surface area contributed by atoms with Crippen LogP contribution >= 0.6 is 22.6 Å². The van der Waals surface area contributed by atoms with Gasteiger partial charge in [0.2, 0.25) is 0 Å². The van der Waals surface area contributed by atoms with Crippen LogP contribution in [-0.4, -0.2) is 18.9 Å². The second-order valence-corrected chi connectivity index (χ2v) is 4.73. The number of rotatable bonds is 5. The van der Waals surface area contributed by atoms with Crippen molar-refractivity contribution in [1.29, 1.82) is 0 Å². The van der Waals surface area contributed by atoms with Gasteiger partial charge in [0, 0.05) is 15.6 Å². The third-order valence-corrected chi connectivity index (χ3v) is 3.20. The summed E-state index contributed by atoms with van der Waals surface area (Å²) < 4.78 is 46.1. The molecule has 0 aliphatic heterocycles. The zero-order valence-corrected chi connectivity index (χ0v) is 12.2. The van der Waals surface area contributed by atoms with Gasteiger partial charge in [-0.25, -0.2) is 0 Å². The molecule has 3 nitrogen and oxygen atoms in total. The molecule has 1 rings (SSSR count). The van der Waals surface area contributed by atoms with Crippen LogP contribution < -0.4 is 4.74 Å². The normalized spacial score (nSPS) is 11.2. The van der Waals surface area contributed by atoms with E-state index in [4.69, 9.17) is 4.74 Å². The molecule has 0 atom stereocenters. The Labute approximate surface area is 122 Å². The summed E-state index contributed by atoms with van der Waals surface area (Å²) in [5, 5.41) is 0. The second-order valence-electron chi connectivity index (χ2n) is 3.57. The first-order valence-corrected chi connectivity index (χ1v) is 6.60. The lowest BCUT2D eigenvalue weighted by molar-refractivity contribution is -0.274. The van der Waals surface area contributed by atoms with Gasteiger partial charge in [0.15, 0.2) is 0 Å². The number of ether oxygens (including phenoxy) is 2. The largest absolute Gasteiger partial charge is 0.573 e. The quantitative estimate of drug-likeness (QED) is 0.570. The maximum atomic E-state index is 12.3. The highest BCUT2D eigenvalue weighted by atomic mass is 127. The minimum Gasteiger partial charge on any atom is -0.466 e. The molecule has 0 amide bonds. The van der Waals surface area contributed by atoms with E-state index in [0.29, 0.717) is 9.13 Å². The van der Waals surface area contributed by atoms with Crippen molar-refractivity contribution in [1.82, 2.24) is 0 Å². The van der Waals surface area contributed by atoms with Crippen molar-refractivity contribution in [2.24, 2.45) is 0 Å². The zero-order chi connectivity index (χ0) is 14.5. The maximum Gasteiger partial charge on any atom is 0.573 e. The van der Waals surface area contributed by atoms with E-state index in [2.05, 4.69) is 4.74 Å². The Morgan fingerprint density at radius 2 is 2.05 bits per heavy atom. The van der Waals surface area contributed by atoms with Gasteiger partial charge >= 0.3 is 12.3 Å². The van der Waals surface area contributed by atoms with Gasteiger partial charge in [0.05, 0.1) is 6.61 Å². The smallest absolute Gasteiger partial charge is 0.466 e. The van der Waals surface area contributed by atoms with Crippen molar-refractivity contribution in [2.75, 3.05) is 6.61 Å². The molecule has 0 fully saturated rings. The molecule has 0 radical (unpaired) electrons. The Morgan fingerprint density at radius 1 is 1.37 bits per heavy atom. The number of alkyl halides is 3. The van der Waals surface area contributed by atoms with E-state index in [1.54, 1.807) is 13.0 Å². The minimum absolute atomic E-state index is 0.0159. The van der Waals surface area contributed by atoms with Crippen LogP contribution in [0, 0.1) is 3.57 Å². The summed E-state index contributed by atoms with van der Waals surface area (Å²) >= 11 is 1.91. The Kier molecular flexibility index (Phi) is 5.89. The van der Waals surface area contributed by atoms with Crippen LogP contribution in [0.4, 0.5) is 13.2 Å². The van der Waals surface area contributed by atoms with Crippen LogP contribution in [0.25, 0.3) is 0 Å². The number of halogens is 4. The molecule has 19 heavy (non-hydrogen) atoms. The number of hydrogen-bond donors (Lipinski definition) is 0. The van der Waals surface area contributed by atoms with E-state index >= 15 is 0 Å². The fraction of sp³-hybridized carbons (Fsp3) is 0.417. The van der Waals surface area contributed by atoms with Crippen LogP contribution in [0.5, 0.6) is 5.75 Å². The molecule has 0 heterocycles. The molecule has 1 aromatic rings. The number of hydrogen-bond acceptors (Lipinski definition) is 3. The van der Waals surface area contributed by atoms with E-state index in [9.17, 15) is 18.0 Å². The van der Waals surface area contributed by atoms with Gasteiger partial charge < -0.3 is 9.47 Å². The molecule has 0 saturated heterocycles. The Morgan fingerprint density at radius 3 is 2.63 bits per heavy atom. The lowest BCUT2D eigenvalue weighted by atomic mass is 10.1. The predicted octanol–water partition coefficient (Wildman–Crippen LogP) is 3.69. The van der Waals surface area contributed by atoms with Crippen LogP contribution in [0.15, 0.2) is 18.2 Å². The first-order chi connectivity index (χ1) is 8.83. The van der Waals surface area contributed by atoms with Gasteiger partial charge in [0.25, 0.3) is 0 Å². The average Bonchev–Trinajstić information content (AvgIpc) is 2.26. The first-order valence-electron chi connectivity index (χ1n) is 5.52. The lowest BCUT2D eigenvalue weighted by Gasteiger charge is -2.14. The molecule has 1 aromatic carbocycles. The third kappa shape index (κ3) is 5.66. The molecule has 0 aliphatic rings. The van der Waals surface area contributed by atoms with Gasteiger partial charge in [-0.05, 0) is 48.1 Å². The van der Waals surface area contributed by atoms with Crippen molar-refractivity contribution >= 4 is 28.6 Å². The highest BCUT2D eigenvalue weighted by molar-refractivity contribution is 14.1. The Bertz CT molecular complexity index is 446. The molecule has 0 aliphatic carbocycles. The molecule has 0 saturated carbocycles. The Balaban J connectivity index is 2.83. The maximum absolute atomic E-state index is 12.3. The van der Waals surface area contributed by atoms with E-state index < -0.39 is 12.3 Å². The average molecular weight is 388 g/mol. The summed E-state index contributed by atoms with van der Waals surface area (Å²) in [5.41, 5.74) is 0.355. The third-order valence-electron chi connectivity index (χ3n) is 2.19. The van der Waals surface area contributed by atoms with Gasteiger partial charge in [-0.1, -0.05) is 6.07 Å². The summed E-state index contributed by atoms with van der Waals surface area (Å²) in [6, 6.07) is 4.36. The van der Waals surface area contributed by atoms with Crippen LogP contribution in [0.2, 0.25) is 0 Å². The van der Waals surface area contributed by atoms with Crippen molar-refractivity contribution in [2.45, 2.75) is 26.1 Å². The van der Waals surface area contributed by atoms with Gasteiger partial charge in [-0.3, -0.25) is 4.79 Å². The van der Waals surface area contributed by atoms with Crippen molar-refractivity contribution in [3.8, 4) is 5.75 Å². The van der Waals surface area contributed by atoms with Gasteiger partial charge in [0.1, 0.15) is 5.75 Å². The van der Waals surface area contributed by atoms with Crippen LogP contribution in [0.3, 0.4) is 0 Å². The number of carbonyl (C=O) groups excluding carboxylic acids is 1. The summed E-state index contributed by atoms with van der Waals surface area (Å²) in [4.78, 5) is 11.2. The number of esters is 1. The summed E-state index contributed by atoms with van der Waals surface area (Å²) in [5.74, 6) is -0.719. The molecule has 106 valence electrons. The minimum atomic E-state index is -4.75. The summed E-state index contributed by atoms with van der Waals surface area (Å²) in [6.07, 6.45) is -4.59. The highest BCUT2D eigenvalue weighted by Gasteiger charge is 2.32. The van der Waals surface area contributed by atoms with Crippen molar-refractivity contribution in [3.05, 3.63) is 27.3 Å². The van der Waals surface area contributed by atoms with Crippen LogP contribution in [-0.2, 0) is 16.0 Å². The van der Waals surface area contributed by atoms with Crippen molar-refractivity contribution < 1.29 is 27.4 Å². The monoisotopic (exact) mass is 388 g/mol. The molecule has 0 spiro atoms. The lowest BCUT2D eigenvalue weighted by Crippen LogP contribution is -2.18. The molecular weight excluding hydrogens is 376 g/mol.